The van der Waals surface area contributed by atoms with Crippen LogP contribution in [0.1, 0.15) is 20.3 Å². The third kappa shape index (κ3) is 3.99. The van der Waals surface area contributed by atoms with E-state index >= 15 is 0 Å². The number of carbonyl (C=O) groups excluding carboxylic acids is 1. The maximum Gasteiger partial charge on any atom is 0.307 e. The van der Waals surface area contributed by atoms with E-state index in [1.807, 2.05) is 0 Å². The summed E-state index contributed by atoms with van der Waals surface area (Å²) in [6, 6.07) is -0.484. The number of carbonyl (C=O) groups is 2. The zero-order chi connectivity index (χ0) is 13.2. The number of nitrogens with one attached hydrogen (secondary N) is 1. The van der Waals surface area contributed by atoms with Crippen molar-refractivity contribution < 1.29 is 23.1 Å². The lowest BCUT2D eigenvalue weighted by atomic mass is 10.3. The van der Waals surface area contributed by atoms with Gasteiger partial charge < -0.3 is 10.4 Å². The average molecular weight is 263 g/mol. The molecule has 6 nitrogen and oxygen atoms in total. The second-order valence-corrected chi connectivity index (χ2v) is 6.79. The first-order valence-electron chi connectivity index (χ1n) is 5.50. The molecule has 1 aliphatic rings. The van der Waals surface area contributed by atoms with Gasteiger partial charge in [0, 0.05) is 11.8 Å². The van der Waals surface area contributed by atoms with Gasteiger partial charge in [0.2, 0.25) is 5.91 Å². The number of aliphatic carboxylic acids is 1. The van der Waals surface area contributed by atoms with Crippen molar-refractivity contribution in [2.75, 3.05) is 11.5 Å². The molecule has 0 spiro atoms. The number of amides is 1. The Balaban J connectivity index is 2.40. The molecule has 0 aromatic carbocycles. The highest BCUT2D eigenvalue weighted by molar-refractivity contribution is 7.91. The number of sulfone groups is 1. The summed E-state index contributed by atoms with van der Waals surface area (Å²) < 4.78 is 22.6. The summed E-state index contributed by atoms with van der Waals surface area (Å²) in [6.07, 6.45) is 0.342. The first kappa shape index (κ1) is 14.0. The summed E-state index contributed by atoms with van der Waals surface area (Å²) >= 11 is 0. The molecular weight excluding hydrogens is 246 g/mol. The molecular formula is C10H17NO5S. The standard InChI is InChI=1S/C10H17NO5S/c1-3-17(15,16)5-6(2)11-9(12)7-4-8(7)10(13)14/h6-8H,3-5H2,1-2H3,(H,11,12)(H,13,14)/t6-,7-,8+/m0/s1. The van der Waals surface area contributed by atoms with E-state index in [0.717, 1.165) is 0 Å². The van der Waals surface area contributed by atoms with Gasteiger partial charge in [-0.15, -0.1) is 0 Å². The van der Waals surface area contributed by atoms with Crippen LogP contribution < -0.4 is 5.32 Å². The summed E-state index contributed by atoms with van der Waals surface area (Å²) in [5, 5.41) is 11.2. The Kier molecular flexibility index (Phi) is 4.13. The molecule has 0 aromatic rings. The summed E-state index contributed by atoms with van der Waals surface area (Å²) in [5.41, 5.74) is 0. The Hall–Kier alpha value is -1.11. The molecule has 0 bridgehead atoms. The lowest BCUT2D eigenvalue weighted by Crippen LogP contribution is -2.39. The van der Waals surface area contributed by atoms with Crippen LogP contribution in [0.5, 0.6) is 0 Å². The minimum atomic E-state index is -3.13. The quantitative estimate of drug-likeness (QED) is 0.682. The molecule has 2 N–H and O–H groups in total. The summed E-state index contributed by atoms with van der Waals surface area (Å²) in [7, 11) is -3.13. The highest BCUT2D eigenvalue weighted by Crippen LogP contribution is 2.38. The number of carboxylic acids is 1. The highest BCUT2D eigenvalue weighted by Gasteiger charge is 2.48. The highest BCUT2D eigenvalue weighted by atomic mass is 32.2. The third-order valence-corrected chi connectivity index (χ3v) is 4.66. The minimum Gasteiger partial charge on any atom is -0.481 e. The largest absolute Gasteiger partial charge is 0.481 e. The van der Waals surface area contributed by atoms with Crippen molar-refractivity contribution in [3.05, 3.63) is 0 Å². The van der Waals surface area contributed by atoms with Gasteiger partial charge in [-0.05, 0) is 13.3 Å². The molecule has 1 fully saturated rings. The lowest BCUT2D eigenvalue weighted by Gasteiger charge is -2.13. The fourth-order valence-corrected chi connectivity index (χ4v) is 2.73. The molecule has 0 aromatic heterocycles. The van der Waals surface area contributed by atoms with Crippen molar-refractivity contribution in [1.82, 2.24) is 5.32 Å². The van der Waals surface area contributed by atoms with Gasteiger partial charge in [0.15, 0.2) is 9.84 Å². The molecule has 1 amide bonds. The van der Waals surface area contributed by atoms with Crippen molar-refractivity contribution in [2.24, 2.45) is 11.8 Å². The second-order valence-electron chi connectivity index (χ2n) is 4.40. The molecule has 3 atom stereocenters. The first-order chi connectivity index (χ1) is 7.76. The minimum absolute atomic E-state index is 0.0361. The van der Waals surface area contributed by atoms with E-state index < -0.39 is 33.7 Å². The van der Waals surface area contributed by atoms with Gasteiger partial charge in [-0.2, -0.15) is 0 Å². The van der Waals surface area contributed by atoms with Crippen LogP contribution >= 0.6 is 0 Å². The van der Waals surface area contributed by atoms with E-state index in [2.05, 4.69) is 5.32 Å². The SMILES string of the molecule is CCS(=O)(=O)C[C@H](C)NC(=O)[C@H]1C[C@H]1C(=O)O. The van der Waals surface area contributed by atoms with E-state index in [1.165, 1.54) is 0 Å². The smallest absolute Gasteiger partial charge is 0.307 e. The van der Waals surface area contributed by atoms with Crippen LogP contribution in [0.3, 0.4) is 0 Å². The van der Waals surface area contributed by atoms with Crippen molar-refractivity contribution in [3.63, 3.8) is 0 Å². The Morgan fingerprint density at radius 2 is 2.00 bits per heavy atom. The summed E-state index contributed by atoms with van der Waals surface area (Å²) in [5.74, 6) is -2.52. The van der Waals surface area contributed by atoms with Gasteiger partial charge in [0.1, 0.15) is 0 Å². The Morgan fingerprint density at radius 3 is 2.41 bits per heavy atom. The van der Waals surface area contributed by atoms with Gasteiger partial charge in [0.05, 0.1) is 17.6 Å². The van der Waals surface area contributed by atoms with Crippen LogP contribution in [0.4, 0.5) is 0 Å². The number of rotatable bonds is 6. The molecule has 1 aliphatic carbocycles. The monoisotopic (exact) mass is 263 g/mol. The molecule has 1 saturated carbocycles. The molecule has 7 heteroatoms. The lowest BCUT2D eigenvalue weighted by molar-refractivity contribution is -0.140. The van der Waals surface area contributed by atoms with Gasteiger partial charge in [-0.1, -0.05) is 6.92 Å². The Bertz CT molecular complexity index is 416. The zero-order valence-corrected chi connectivity index (χ0v) is 10.7. The fraction of sp³-hybridized carbons (Fsp3) is 0.800. The van der Waals surface area contributed by atoms with Crippen molar-refractivity contribution in [3.8, 4) is 0 Å². The van der Waals surface area contributed by atoms with Gasteiger partial charge >= 0.3 is 5.97 Å². The van der Waals surface area contributed by atoms with Gasteiger partial charge in [-0.25, -0.2) is 8.42 Å². The second kappa shape index (κ2) is 5.03. The van der Waals surface area contributed by atoms with Crippen LogP contribution in [0.2, 0.25) is 0 Å². The van der Waals surface area contributed by atoms with E-state index in [4.69, 9.17) is 5.11 Å². The average Bonchev–Trinajstić information content (AvgIpc) is 2.95. The number of hydrogen-bond donors (Lipinski definition) is 2. The van der Waals surface area contributed by atoms with Crippen LogP contribution in [0.25, 0.3) is 0 Å². The molecule has 17 heavy (non-hydrogen) atoms. The number of carboxylic acid groups (broad SMARTS) is 1. The molecule has 0 saturated heterocycles. The predicted octanol–water partition coefficient (Wildman–Crippen LogP) is -0.353. The van der Waals surface area contributed by atoms with Crippen molar-refractivity contribution >= 4 is 21.7 Å². The summed E-state index contributed by atoms with van der Waals surface area (Å²) in [6.45, 7) is 3.15. The van der Waals surface area contributed by atoms with Gasteiger partial charge in [0.25, 0.3) is 0 Å². The zero-order valence-electron chi connectivity index (χ0n) is 9.84. The number of hydrogen-bond acceptors (Lipinski definition) is 4. The van der Waals surface area contributed by atoms with E-state index in [0.29, 0.717) is 6.42 Å². The molecule has 0 unspecified atom stereocenters. The first-order valence-corrected chi connectivity index (χ1v) is 7.32. The van der Waals surface area contributed by atoms with Crippen LogP contribution in [-0.2, 0) is 19.4 Å². The normalized spacial score (nSPS) is 25.1. The van der Waals surface area contributed by atoms with Crippen molar-refractivity contribution in [2.45, 2.75) is 26.3 Å². The molecule has 0 aliphatic heterocycles. The topological polar surface area (TPSA) is 101 Å². The Labute approximate surface area is 100 Å². The molecule has 1 rings (SSSR count). The third-order valence-electron chi connectivity index (χ3n) is 2.78. The maximum atomic E-state index is 11.5. The van der Waals surface area contributed by atoms with Crippen LogP contribution in [-0.4, -0.2) is 42.9 Å². The molecule has 98 valence electrons. The van der Waals surface area contributed by atoms with Crippen molar-refractivity contribution in [1.29, 1.82) is 0 Å². The Morgan fingerprint density at radius 1 is 1.41 bits per heavy atom. The van der Waals surface area contributed by atoms with Crippen LogP contribution in [0.15, 0.2) is 0 Å². The van der Waals surface area contributed by atoms with E-state index in [1.54, 1.807) is 13.8 Å². The summed E-state index contributed by atoms with van der Waals surface area (Å²) in [4.78, 5) is 22.1. The van der Waals surface area contributed by atoms with Crippen LogP contribution in [0, 0.1) is 11.8 Å². The fourth-order valence-electron chi connectivity index (χ4n) is 1.65. The maximum absolute atomic E-state index is 11.5. The van der Waals surface area contributed by atoms with Gasteiger partial charge in [-0.3, -0.25) is 9.59 Å². The van der Waals surface area contributed by atoms with E-state index in [-0.39, 0.29) is 17.4 Å². The van der Waals surface area contributed by atoms with E-state index in [9.17, 15) is 18.0 Å². The molecule has 0 heterocycles. The molecule has 0 radical (unpaired) electrons. The predicted molar refractivity (Wildman–Crippen MR) is 61.2 cm³/mol.